The van der Waals surface area contributed by atoms with Gasteiger partial charge in [0.2, 0.25) is 0 Å². The van der Waals surface area contributed by atoms with E-state index in [-0.39, 0.29) is 28.5 Å². The number of nitrogens with zero attached hydrogens (tertiary/aromatic N) is 1. The zero-order valence-electron chi connectivity index (χ0n) is 18.6. The number of hydrogen-bond acceptors (Lipinski definition) is 6. The molecule has 2 fully saturated rings. The largest absolute Gasteiger partial charge is 0.482 e. The summed E-state index contributed by atoms with van der Waals surface area (Å²) >= 11 is 12.8. The number of thioether (sulfide) groups is 1. The number of ether oxygens (including phenoxy) is 2. The number of thiocarbonyl (C=S) groups is 1. The third-order valence-electron chi connectivity index (χ3n) is 5.37. The summed E-state index contributed by atoms with van der Waals surface area (Å²) in [6.07, 6.45) is -0.995. The van der Waals surface area contributed by atoms with Gasteiger partial charge in [-0.25, -0.2) is 0 Å². The maximum atomic E-state index is 12.8. The summed E-state index contributed by atoms with van der Waals surface area (Å²) in [4.78, 5) is 26.9. The van der Waals surface area contributed by atoms with Crippen molar-refractivity contribution in [3.63, 3.8) is 0 Å². The molecule has 2 aliphatic heterocycles. The highest BCUT2D eigenvalue weighted by Gasteiger charge is 2.34. The monoisotopic (exact) mass is 556 g/mol. The molecular formula is C24H20ClF3N2O4S2. The molecular weight excluding hydrogens is 537 g/mol. The van der Waals surface area contributed by atoms with Crippen LogP contribution in [0, 0.1) is 0 Å². The van der Waals surface area contributed by atoms with Crippen LogP contribution in [-0.2, 0) is 20.5 Å². The number of carbonyl (C=O) groups is 2. The van der Waals surface area contributed by atoms with Gasteiger partial charge in [-0.2, -0.15) is 13.2 Å². The van der Waals surface area contributed by atoms with E-state index < -0.39 is 24.3 Å². The van der Waals surface area contributed by atoms with Crippen molar-refractivity contribution in [3.8, 4) is 5.75 Å². The van der Waals surface area contributed by atoms with Crippen LogP contribution in [0.3, 0.4) is 0 Å². The Morgan fingerprint density at radius 3 is 2.81 bits per heavy atom. The minimum absolute atomic E-state index is 0.00308. The summed E-state index contributed by atoms with van der Waals surface area (Å²) in [7, 11) is 0. The Balaban J connectivity index is 1.35. The maximum Gasteiger partial charge on any atom is 0.416 e. The number of halogens is 4. The molecule has 0 radical (unpaired) electrons. The molecule has 2 amide bonds. The summed E-state index contributed by atoms with van der Waals surface area (Å²) in [5.74, 6) is -0.633. The van der Waals surface area contributed by atoms with Crippen LogP contribution in [0.25, 0.3) is 6.08 Å². The Kier molecular flexibility index (Phi) is 8.23. The van der Waals surface area contributed by atoms with E-state index in [4.69, 9.17) is 33.3 Å². The standard InChI is InChI=1S/C24H20ClF3N2O4S2/c25-18-9-14(10-20-22(32)30(23(35)36-20)12-17-5-2-8-33-17)6-7-19(18)34-13-21(31)29-16-4-1-3-15(11-16)24(26,27)28/h1,3-4,6-7,9-11,17H,2,5,8,12-13H2,(H,29,31)/b20-10-/t17-/m1/s1. The number of rotatable bonds is 7. The smallest absolute Gasteiger partial charge is 0.416 e. The zero-order chi connectivity index (χ0) is 25.9. The topological polar surface area (TPSA) is 67.9 Å². The van der Waals surface area contributed by atoms with Gasteiger partial charge in [-0.05, 0) is 54.8 Å². The van der Waals surface area contributed by atoms with E-state index in [0.717, 1.165) is 25.0 Å². The summed E-state index contributed by atoms with van der Waals surface area (Å²) in [6, 6.07) is 9.08. The lowest BCUT2D eigenvalue weighted by molar-refractivity contribution is -0.137. The van der Waals surface area contributed by atoms with Crippen molar-refractivity contribution in [3.05, 3.63) is 63.5 Å². The first-order valence-corrected chi connectivity index (χ1v) is 12.5. The zero-order valence-corrected chi connectivity index (χ0v) is 21.0. The van der Waals surface area contributed by atoms with Crippen LogP contribution in [0.15, 0.2) is 47.4 Å². The highest BCUT2D eigenvalue weighted by atomic mass is 35.5. The van der Waals surface area contributed by atoms with E-state index in [1.54, 1.807) is 29.2 Å². The van der Waals surface area contributed by atoms with Gasteiger partial charge in [-0.15, -0.1) is 0 Å². The maximum absolute atomic E-state index is 12.8. The van der Waals surface area contributed by atoms with E-state index >= 15 is 0 Å². The van der Waals surface area contributed by atoms with Crippen LogP contribution in [0.4, 0.5) is 18.9 Å². The third-order valence-corrected chi connectivity index (χ3v) is 7.04. The van der Waals surface area contributed by atoms with Crippen molar-refractivity contribution in [1.82, 2.24) is 4.90 Å². The molecule has 1 atom stereocenters. The van der Waals surface area contributed by atoms with Gasteiger partial charge in [0.05, 0.1) is 28.1 Å². The van der Waals surface area contributed by atoms with E-state index in [1.807, 2.05) is 0 Å². The van der Waals surface area contributed by atoms with Crippen LogP contribution >= 0.6 is 35.6 Å². The van der Waals surface area contributed by atoms with Gasteiger partial charge in [0, 0.05) is 12.3 Å². The van der Waals surface area contributed by atoms with Gasteiger partial charge in [-0.3, -0.25) is 14.5 Å². The molecule has 0 spiro atoms. The first-order valence-electron chi connectivity index (χ1n) is 10.9. The van der Waals surface area contributed by atoms with E-state index in [2.05, 4.69) is 5.32 Å². The molecule has 6 nitrogen and oxygen atoms in total. The molecule has 4 rings (SSSR count). The van der Waals surface area contributed by atoms with Gasteiger partial charge >= 0.3 is 6.18 Å². The second-order valence-electron chi connectivity index (χ2n) is 8.03. The lowest BCUT2D eigenvalue weighted by Gasteiger charge is -2.18. The van der Waals surface area contributed by atoms with Gasteiger partial charge in [0.15, 0.2) is 6.61 Å². The number of hydrogen-bond donors (Lipinski definition) is 1. The highest BCUT2D eigenvalue weighted by molar-refractivity contribution is 8.26. The predicted molar refractivity (Wildman–Crippen MR) is 136 cm³/mol. The lowest BCUT2D eigenvalue weighted by atomic mass is 10.2. The molecule has 2 aliphatic rings. The molecule has 2 aromatic rings. The van der Waals surface area contributed by atoms with Crippen molar-refractivity contribution in [2.24, 2.45) is 0 Å². The summed E-state index contributed by atoms with van der Waals surface area (Å²) in [6.45, 7) is 0.657. The number of benzene rings is 2. The molecule has 1 N–H and O–H groups in total. The van der Waals surface area contributed by atoms with Crippen LogP contribution in [0.1, 0.15) is 24.0 Å². The Morgan fingerprint density at radius 2 is 2.11 bits per heavy atom. The van der Waals surface area contributed by atoms with Gasteiger partial charge in [0.1, 0.15) is 10.1 Å². The van der Waals surface area contributed by atoms with Crippen LogP contribution in [0.2, 0.25) is 5.02 Å². The normalized spacial score (nSPS) is 19.3. The molecule has 0 saturated carbocycles. The van der Waals surface area contributed by atoms with Gasteiger partial charge in [0.25, 0.3) is 11.8 Å². The second-order valence-corrected chi connectivity index (χ2v) is 10.1. The first kappa shape index (κ1) is 26.5. The number of nitrogens with one attached hydrogen (secondary N) is 1. The molecule has 12 heteroatoms. The summed E-state index contributed by atoms with van der Waals surface area (Å²) in [5, 5.41) is 2.56. The Morgan fingerprint density at radius 1 is 1.31 bits per heavy atom. The summed E-state index contributed by atoms with van der Waals surface area (Å²) in [5.41, 5.74) is -0.237. The molecule has 36 heavy (non-hydrogen) atoms. The van der Waals surface area contributed by atoms with Gasteiger partial charge in [-0.1, -0.05) is 47.7 Å². The molecule has 2 saturated heterocycles. The fourth-order valence-corrected chi connectivity index (χ4v) is 5.16. The molecule has 190 valence electrons. The number of anilines is 1. The van der Waals surface area contributed by atoms with Crippen molar-refractivity contribution in [2.45, 2.75) is 25.1 Å². The minimum atomic E-state index is -4.52. The SMILES string of the molecule is O=C(COc1ccc(/C=C2\SC(=S)N(C[C@H]3CCCO3)C2=O)cc1Cl)Nc1cccc(C(F)(F)F)c1. The number of alkyl halides is 3. The van der Waals surface area contributed by atoms with Crippen molar-refractivity contribution >= 4 is 63.5 Å². The van der Waals surface area contributed by atoms with Crippen molar-refractivity contribution in [1.29, 1.82) is 0 Å². The Bertz CT molecular complexity index is 1220. The van der Waals surface area contributed by atoms with Crippen LogP contribution in [0.5, 0.6) is 5.75 Å². The molecule has 2 aromatic carbocycles. The molecule has 0 aliphatic carbocycles. The van der Waals surface area contributed by atoms with Crippen molar-refractivity contribution in [2.75, 3.05) is 25.1 Å². The Hall–Kier alpha value is -2.60. The predicted octanol–water partition coefficient (Wildman–Crippen LogP) is 5.76. The number of carbonyl (C=O) groups excluding carboxylic acids is 2. The Labute approximate surface area is 219 Å². The highest BCUT2D eigenvalue weighted by Crippen LogP contribution is 2.35. The van der Waals surface area contributed by atoms with E-state index in [0.29, 0.717) is 27.9 Å². The van der Waals surface area contributed by atoms with Crippen LogP contribution < -0.4 is 10.1 Å². The fraction of sp³-hybridized carbons (Fsp3) is 0.292. The molecule has 2 heterocycles. The van der Waals surface area contributed by atoms with Gasteiger partial charge < -0.3 is 14.8 Å². The van der Waals surface area contributed by atoms with E-state index in [9.17, 15) is 22.8 Å². The van der Waals surface area contributed by atoms with E-state index in [1.165, 1.54) is 23.9 Å². The quantitative estimate of drug-likeness (QED) is 0.346. The minimum Gasteiger partial charge on any atom is -0.482 e. The number of amides is 2. The third kappa shape index (κ3) is 6.58. The molecule has 0 unspecified atom stereocenters. The fourth-order valence-electron chi connectivity index (χ4n) is 3.64. The average Bonchev–Trinajstić information content (AvgIpc) is 3.42. The molecule has 0 aromatic heterocycles. The average molecular weight is 557 g/mol. The first-order chi connectivity index (χ1) is 17.1. The lowest BCUT2D eigenvalue weighted by Crippen LogP contribution is -2.35. The molecule has 0 bridgehead atoms. The van der Waals surface area contributed by atoms with Crippen LogP contribution in [-0.4, -0.2) is 46.9 Å². The van der Waals surface area contributed by atoms with Crippen molar-refractivity contribution < 1.29 is 32.2 Å². The second kappa shape index (κ2) is 11.2. The summed E-state index contributed by atoms with van der Waals surface area (Å²) < 4.78 is 50.0.